The summed E-state index contributed by atoms with van der Waals surface area (Å²) in [7, 11) is 3.28. The molecule has 2 aromatic rings. The monoisotopic (exact) mass is 328 g/mol. The lowest BCUT2D eigenvalue weighted by atomic mass is 10.2. The number of carbonyl (C=O) groups excluding carboxylic acids is 2. The second kappa shape index (κ2) is 8.01. The highest BCUT2D eigenvalue weighted by atomic mass is 16.5. The van der Waals surface area contributed by atoms with Gasteiger partial charge in [0.05, 0.1) is 12.7 Å². The lowest BCUT2D eigenvalue weighted by Crippen LogP contribution is -2.30. The van der Waals surface area contributed by atoms with Gasteiger partial charge in [-0.15, -0.1) is 0 Å². The van der Waals surface area contributed by atoms with E-state index in [9.17, 15) is 9.59 Å². The topological polar surface area (TPSA) is 76.7 Å². The van der Waals surface area contributed by atoms with Gasteiger partial charge in [-0.25, -0.2) is 4.79 Å². The van der Waals surface area contributed by atoms with Crippen molar-refractivity contribution in [3.63, 3.8) is 0 Å². The Morgan fingerprint density at radius 1 is 1.04 bits per heavy atom. The molecular weight excluding hydrogens is 308 g/mol. The summed E-state index contributed by atoms with van der Waals surface area (Å²) in [5.41, 5.74) is 1.62. The van der Waals surface area contributed by atoms with Crippen LogP contribution >= 0.6 is 0 Å². The van der Waals surface area contributed by atoms with Gasteiger partial charge in [-0.05, 0) is 43.3 Å². The third kappa shape index (κ3) is 4.25. The van der Waals surface area contributed by atoms with Crippen LogP contribution in [0, 0.1) is 0 Å². The Kier molecular flexibility index (Phi) is 5.78. The molecule has 0 aromatic heterocycles. The number of methoxy groups -OCH3 is 1. The molecule has 0 spiro atoms. The first kappa shape index (κ1) is 17.3. The molecule has 0 fully saturated rings. The van der Waals surface area contributed by atoms with Crippen LogP contribution in [0.5, 0.6) is 5.75 Å². The molecule has 2 aromatic carbocycles. The summed E-state index contributed by atoms with van der Waals surface area (Å²) in [6, 6.07) is 13.8. The molecule has 0 aliphatic rings. The van der Waals surface area contributed by atoms with E-state index in [1.54, 1.807) is 56.6 Å². The third-order valence-electron chi connectivity index (χ3n) is 3.43. The summed E-state index contributed by atoms with van der Waals surface area (Å²) in [6.45, 7) is 1.53. The Labute approximate surface area is 140 Å². The van der Waals surface area contributed by atoms with Gasteiger partial charge in [0.15, 0.2) is 6.10 Å². The van der Waals surface area contributed by atoms with Crippen molar-refractivity contribution in [3.05, 3.63) is 54.1 Å². The Balaban J connectivity index is 1.98. The lowest BCUT2D eigenvalue weighted by molar-refractivity contribution is -0.123. The van der Waals surface area contributed by atoms with Crippen LogP contribution < -0.4 is 15.4 Å². The van der Waals surface area contributed by atoms with Crippen molar-refractivity contribution in [1.82, 2.24) is 0 Å². The number of benzene rings is 2. The van der Waals surface area contributed by atoms with Gasteiger partial charge in [0.1, 0.15) is 5.75 Å². The molecule has 0 aliphatic carbocycles. The fourth-order valence-corrected chi connectivity index (χ4v) is 2.07. The predicted molar refractivity (Wildman–Crippen MR) is 92.5 cm³/mol. The molecule has 0 heterocycles. The molecule has 24 heavy (non-hydrogen) atoms. The summed E-state index contributed by atoms with van der Waals surface area (Å²) in [5, 5.41) is 5.61. The molecule has 1 amide bonds. The fourth-order valence-electron chi connectivity index (χ4n) is 2.07. The molecule has 1 atom stereocenters. The number of esters is 1. The normalized spacial score (nSPS) is 11.3. The maximum absolute atomic E-state index is 12.2. The van der Waals surface area contributed by atoms with Gasteiger partial charge >= 0.3 is 5.97 Å². The van der Waals surface area contributed by atoms with Crippen LogP contribution in [0.25, 0.3) is 0 Å². The van der Waals surface area contributed by atoms with Gasteiger partial charge in [0, 0.05) is 18.4 Å². The highest BCUT2D eigenvalue weighted by Gasteiger charge is 2.20. The summed E-state index contributed by atoms with van der Waals surface area (Å²) in [4.78, 5) is 24.4. The molecule has 0 aliphatic heterocycles. The minimum atomic E-state index is -0.926. The van der Waals surface area contributed by atoms with Gasteiger partial charge < -0.3 is 20.1 Å². The van der Waals surface area contributed by atoms with E-state index in [1.165, 1.54) is 6.92 Å². The lowest BCUT2D eigenvalue weighted by Gasteiger charge is -2.15. The van der Waals surface area contributed by atoms with E-state index in [1.807, 2.05) is 6.07 Å². The number of nitrogens with one attached hydrogen (secondary N) is 2. The Morgan fingerprint density at radius 3 is 2.33 bits per heavy atom. The van der Waals surface area contributed by atoms with Gasteiger partial charge in [0.2, 0.25) is 0 Å². The molecular formula is C18H20N2O4. The molecule has 0 saturated heterocycles. The summed E-state index contributed by atoms with van der Waals surface area (Å²) < 4.78 is 10.3. The maximum atomic E-state index is 12.2. The van der Waals surface area contributed by atoms with Crippen molar-refractivity contribution in [3.8, 4) is 5.75 Å². The second-order valence-corrected chi connectivity index (χ2v) is 5.06. The van der Waals surface area contributed by atoms with Crippen molar-refractivity contribution < 1.29 is 19.1 Å². The average molecular weight is 328 g/mol. The molecule has 0 saturated carbocycles. The number of anilines is 2. The van der Waals surface area contributed by atoms with Gasteiger partial charge in [-0.3, -0.25) is 4.79 Å². The van der Waals surface area contributed by atoms with E-state index in [0.717, 1.165) is 0 Å². The maximum Gasteiger partial charge on any atom is 0.341 e. The van der Waals surface area contributed by atoms with E-state index in [2.05, 4.69) is 10.6 Å². The Bertz CT molecular complexity index is 713. The number of hydrogen-bond donors (Lipinski definition) is 2. The molecule has 0 radical (unpaired) electrons. The highest BCUT2D eigenvalue weighted by Crippen LogP contribution is 2.18. The van der Waals surface area contributed by atoms with Crippen LogP contribution in [-0.2, 0) is 9.53 Å². The predicted octanol–water partition coefficient (Wildman–Crippen LogP) is 2.92. The first-order valence-corrected chi connectivity index (χ1v) is 7.48. The Hall–Kier alpha value is -3.02. The quantitative estimate of drug-likeness (QED) is 0.797. The van der Waals surface area contributed by atoms with Gasteiger partial charge in [0.25, 0.3) is 5.91 Å². The van der Waals surface area contributed by atoms with Crippen molar-refractivity contribution in [1.29, 1.82) is 0 Å². The zero-order valence-electron chi connectivity index (χ0n) is 13.8. The standard InChI is InChI=1S/C18H20N2O4/c1-12(17(21)20-13-8-10-14(23-3)11-9-13)24-18(22)15-6-4-5-7-16(15)19-2/h4-12,19H,1-3H3,(H,20,21)/t12-/m0/s1. The number of carbonyl (C=O) groups is 2. The first-order valence-electron chi connectivity index (χ1n) is 7.48. The van der Waals surface area contributed by atoms with Crippen LogP contribution in [-0.4, -0.2) is 32.1 Å². The highest BCUT2D eigenvalue weighted by molar-refractivity contribution is 5.99. The molecule has 2 rings (SSSR count). The second-order valence-electron chi connectivity index (χ2n) is 5.06. The van der Waals surface area contributed by atoms with E-state index < -0.39 is 18.0 Å². The van der Waals surface area contributed by atoms with Crippen molar-refractivity contribution in [2.24, 2.45) is 0 Å². The smallest absolute Gasteiger partial charge is 0.341 e. The summed E-state index contributed by atoms with van der Waals surface area (Å²) in [6.07, 6.45) is -0.926. The minimum Gasteiger partial charge on any atom is -0.497 e. The number of ether oxygens (including phenoxy) is 2. The largest absolute Gasteiger partial charge is 0.497 e. The molecule has 2 N–H and O–H groups in total. The van der Waals surface area contributed by atoms with Crippen LogP contribution in [0.1, 0.15) is 17.3 Å². The molecule has 0 unspecified atom stereocenters. The van der Waals surface area contributed by atoms with Crippen LogP contribution in [0.3, 0.4) is 0 Å². The van der Waals surface area contributed by atoms with Crippen LogP contribution in [0.2, 0.25) is 0 Å². The van der Waals surface area contributed by atoms with Crippen LogP contribution in [0.15, 0.2) is 48.5 Å². The number of hydrogen-bond acceptors (Lipinski definition) is 5. The fraction of sp³-hybridized carbons (Fsp3) is 0.222. The zero-order chi connectivity index (χ0) is 17.5. The van der Waals surface area contributed by atoms with Crippen molar-refractivity contribution in [2.45, 2.75) is 13.0 Å². The zero-order valence-corrected chi connectivity index (χ0v) is 13.8. The van der Waals surface area contributed by atoms with Crippen molar-refractivity contribution in [2.75, 3.05) is 24.8 Å². The third-order valence-corrected chi connectivity index (χ3v) is 3.43. The van der Waals surface area contributed by atoms with E-state index >= 15 is 0 Å². The molecule has 6 heteroatoms. The number of para-hydroxylation sites is 1. The number of amides is 1. The molecule has 126 valence electrons. The summed E-state index contributed by atoms with van der Waals surface area (Å²) in [5.74, 6) is -0.274. The number of rotatable bonds is 6. The van der Waals surface area contributed by atoms with Crippen molar-refractivity contribution >= 4 is 23.3 Å². The molecule has 6 nitrogen and oxygen atoms in total. The van der Waals surface area contributed by atoms with E-state index in [4.69, 9.17) is 9.47 Å². The SMILES string of the molecule is CNc1ccccc1C(=O)O[C@@H](C)C(=O)Nc1ccc(OC)cc1. The molecule has 0 bridgehead atoms. The minimum absolute atomic E-state index is 0.379. The van der Waals surface area contributed by atoms with Gasteiger partial charge in [-0.1, -0.05) is 12.1 Å². The average Bonchev–Trinajstić information content (AvgIpc) is 2.62. The first-order chi connectivity index (χ1) is 11.5. The van der Waals surface area contributed by atoms with E-state index in [-0.39, 0.29) is 0 Å². The van der Waals surface area contributed by atoms with Gasteiger partial charge in [-0.2, -0.15) is 0 Å². The Morgan fingerprint density at radius 2 is 1.71 bits per heavy atom. The van der Waals surface area contributed by atoms with E-state index in [0.29, 0.717) is 22.7 Å². The van der Waals surface area contributed by atoms with Crippen LogP contribution in [0.4, 0.5) is 11.4 Å². The summed E-state index contributed by atoms with van der Waals surface area (Å²) >= 11 is 0.